The van der Waals surface area contributed by atoms with E-state index in [0.29, 0.717) is 5.69 Å². The molecule has 7 heteroatoms. The van der Waals surface area contributed by atoms with Crippen molar-refractivity contribution in [2.45, 2.75) is 13.3 Å². The van der Waals surface area contributed by atoms with Crippen LogP contribution in [0.1, 0.15) is 22.8 Å². The predicted octanol–water partition coefficient (Wildman–Crippen LogP) is 2.87. The van der Waals surface area contributed by atoms with E-state index in [1.165, 1.54) is 25.2 Å². The van der Waals surface area contributed by atoms with Crippen molar-refractivity contribution in [1.82, 2.24) is 4.90 Å². The second kappa shape index (κ2) is 8.05. The van der Waals surface area contributed by atoms with Crippen LogP contribution in [-0.4, -0.2) is 35.2 Å². The number of aryl methyl sites for hydroxylation is 1. The summed E-state index contributed by atoms with van der Waals surface area (Å²) in [7, 11) is 1.43. The number of rotatable bonds is 6. The number of hydrogen-bond donors (Lipinski definition) is 1. The summed E-state index contributed by atoms with van der Waals surface area (Å²) in [6.45, 7) is 1.78. The SMILES string of the molecule is CCc1ccccc1NC(=O)CN(C)C(=O)c1ccccc1[N+](=O)[O-]. The molecule has 0 aliphatic carbocycles. The van der Waals surface area contributed by atoms with Gasteiger partial charge in [0.1, 0.15) is 5.56 Å². The van der Waals surface area contributed by atoms with Crippen LogP contribution in [0.3, 0.4) is 0 Å². The number of nitrogens with one attached hydrogen (secondary N) is 1. The minimum Gasteiger partial charge on any atom is -0.332 e. The second-order valence-electron chi connectivity index (χ2n) is 5.49. The van der Waals surface area contributed by atoms with E-state index in [9.17, 15) is 19.7 Å². The average Bonchev–Trinajstić information content (AvgIpc) is 2.61. The van der Waals surface area contributed by atoms with Gasteiger partial charge in [0.05, 0.1) is 11.5 Å². The van der Waals surface area contributed by atoms with Gasteiger partial charge >= 0.3 is 0 Å². The number of nitro groups is 1. The Morgan fingerprint density at radius 1 is 1.12 bits per heavy atom. The maximum Gasteiger partial charge on any atom is 0.282 e. The van der Waals surface area contributed by atoms with Gasteiger partial charge in [-0.25, -0.2) is 0 Å². The zero-order chi connectivity index (χ0) is 18.4. The van der Waals surface area contributed by atoms with Gasteiger partial charge in [0.2, 0.25) is 5.91 Å². The van der Waals surface area contributed by atoms with Crippen LogP contribution < -0.4 is 5.32 Å². The van der Waals surface area contributed by atoms with E-state index >= 15 is 0 Å². The smallest absolute Gasteiger partial charge is 0.282 e. The number of benzene rings is 2. The highest BCUT2D eigenvalue weighted by atomic mass is 16.6. The van der Waals surface area contributed by atoms with Crippen LogP contribution >= 0.6 is 0 Å². The summed E-state index contributed by atoms with van der Waals surface area (Å²) in [4.78, 5) is 36.2. The Balaban J connectivity index is 2.09. The number of amides is 2. The molecule has 2 rings (SSSR count). The molecular weight excluding hydrogens is 322 g/mol. The molecule has 2 amide bonds. The predicted molar refractivity (Wildman–Crippen MR) is 94.5 cm³/mol. The number of anilines is 1. The monoisotopic (exact) mass is 341 g/mol. The maximum atomic E-state index is 12.4. The summed E-state index contributed by atoms with van der Waals surface area (Å²) in [5.74, 6) is -0.943. The van der Waals surface area contributed by atoms with Gasteiger partial charge in [0.25, 0.3) is 11.6 Å². The van der Waals surface area contributed by atoms with E-state index in [1.807, 2.05) is 25.1 Å². The van der Waals surface area contributed by atoms with Crippen molar-refractivity contribution in [2.75, 3.05) is 18.9 Å². The maximum absolute atomic E-state index is 12.4. The van der Waals surface area contributed by atoms with Crippen LogP contribution in [0, 0.1) is 10.1 Å². The molecule has 0 unspecified atom stereocenters. The van der Waals surface area contributed by atoms with E-state index in [0.717, 1.165) is 16.9 Å². The van der Waals surface area contributed by atoms with E-state index in [2.05, 4.69) is 5.32 Å². The summed E-state index contributed by atoms with van der Waals surface area (Å²) >= 11 is 0. The van der Waals surface area contributed by atoms with Crippen molar-refractivity contribution in [3.05, 3.63) is 69.8 Å². The summed E-state index contributed by atoms with van der Waals surface area (Å²) in [6.07, 6.45) is 0.765. The van der Waals surface area contributed by atoms with Gasteiger partial charge in [-0.3, -0.25) is 19.7 Å². The fourth-order valence-electron chi connectivity index (χ4n) is 2.45. The molecule has 0 aliphatic heterocycles. The zero-order valence-electron chi connectivity index (χ0n) is 14.1. The Bertz CT molecular complexity index is 804. The van der Waals surface area contributed by atoms with Crippen LogP contribution in [-0.2, 0) is 11.2 Å². The summed E-state index contributed by atoms with van der Waals surface area (Å²) in [5.41, 5.74) is 1.36. The number of nitro benzene ring substituents is 1. The second-order valence-corrected chi connectivity index (χ2v) is 5.49. The van der Waals surface area contributed by atoms with Gasteiger partial charge < -0.3 is 10.2 Å². The molecule has 1 N–H and O–H groups in total. The highest BCUT2D eigenvalue weighted by Gasteiger charge is 2.23. The molecule has 0 saturated carbocycles. The minimum atomic E-state index is -0.612. The van der Waals surface area contributed by atoms with E-state index in [1.54, 1.807) is 12.1 Å². The van der Waals surface area contributed by atoms with Crippen molar-refractivity contribution in [2.24, 2.45) is 0 Å². The molecule has 0 spiro atoms. The molecule has 0 heterocycles. The standard InChI is InChI=1S/C18H19N3O4/c1-3-13-8-4-6-10-15(13)19-17(22)12-20(2)18(23)14-9-5-7-11-16(14)21(24)25/h4-11H,3,12H2,1-2H3,(H,19,22). The quantitative estimate of drug-likeness (QED) is 0.646. The average molecular weight is 341 g/mol. The number of para-hydroxylation sites is 2. The first-order valence-electron chi connectivity index (χ1n) is 7.80. The fraction of sp³-hybridized carbons (Fsp3) is 0.222. The van der Waals surface area contributed by atoms with Crippen molar-refractivity contribution < 1.29 is 14.5 Å². The number of likely N-dealkylation sites (N-methyl/N-ethyl adjacent to an activating group) is 1. The zero-order valence-corrected chi connectivity index (χ0v) is 14.1. The summed E-state index contributed by atoms with van der Waals surface area (Å²) in [5, 5.41) is 13.8. The third kappa shape index (κ3) is 4.41. The molecule has 0 aliphatic rings. The molecule has 0 aromatic heterocycles. The van der Waals surface area contributed by atoms with Crippen LogP contribution in [0.25, 0.3) is 0 Å². The molecular formula is C18H19N3O4. The van der Waals surface area contributed by atoms with Crippen LogP contribution in [0.5, 0.6) is 0 Å². The fourth-order valence-corrected chi connectivity index (χ4v) is 2.45. The van der Waals surface area contributed by atoms with Crippen molar-refractivity contribution >= 4 is 23.2 Å². The number of hydrogen-bond acceptors (Lipinski definition) is 4. The first kappa shape index (κ1) is 18.1. The first-order chi connectivity index (χ1) is 11.9. The molecule has 25 heavy (non-hydrogen) atoms. The molecule has 0 fully saturated rings. The summed E-state index contributed by atoms with van der Waals surface area (Å²) < 4.78 is 0. The Kier molecular flexibility index (Phi) is 5.84. The van der Waals surface area contributed by atoms with Gasteiger partial charge in [-0.2, -0.15) is 0 Å². The first-order valence-corrected chi connectivity index (χ1v) is 7.80. The van der Waals surface area contributed by atoms with E-state index in [4.69, 9.17) is 0 Å². The van der Waals surface area contributed by atoms with Crippen LogP contribution in [0.2, 0.25) is 0 Å². The minimum absolute atomic E-state index is 0.0447. The lowest BCUT2D eigenvalue weighted by Gasteiger charge is -2.17. The Morgan fingerprint density at radius 3 is 2.44 bits per heavy atom. The third-order valence-corrected chi connectivity index (χ3v) is 3.73. The molecule has 0 atom stereocenters. The topological polar surface area (TPSA) is 92.6 Å². The highest BCUT2D eigenvalue weighted by Crippen LogP contribution is 2.19. The highest BCUT2D eigenvalue weighted by molar-refractivity contribution is 6.01. The molecule has 0 radical (unpaired) electrons. The molecule has 130 valence electrons. The lowest BCUT2D eigenvalue weighted by atomic mass is 10.1. The Hall–Kier alpha value is -3.22. The number of nitrogens with zero attached hydrogens (tertiary/aromatic N) is 2. The third-order valence-electron chi connectivity index (χ3n) is 3.73. The van der Waals surface area contributed by atoms with Crippen LogP contribution in [0.4, 0.5) is 11.4 Å². The van der Waals surface area contributed by atoms with Crippen molar-refractivity contribution in [3.63, 3.8) is 0 Å². The Morgan fingerprint density at radius 2 is 1.76 bits per heavy atom. The largest absolute Gasteiger partial charge is 0.332 e. The van der Waals surface area contributed by atoms with Crippen molar-refractivity contribution in [3.8, 4) is 0 Å². The molecule has 7 nitrogen and oxygen atoms in total. The molecule has 2 aromatic rings. The van der Waals surface area contributed by atoms with E-state index < -0.39 is 10.8 Å². The lowest BCUT2D eigenvalue weighted by molar-refractivity contribution is -0.385. The lowest BCUT2D eigenvalue weighted by Crippen LogP contribution is -2.35. The molecule has 2 aromatic carbocycles. The molecule has 0 saturated heterocycles. The summed E-state index contributed by atoms with van der Waals surface area (Å²) in [6, 6.07) is 13.1. The Labute approximate surface area is 145 Å². The van der Waals surface area contributed by atoms with E-state index in [-0.39, 0.29) is 23.7 Å². The van der Waals surface area contributed by atoms with Gasteiger partial charge in [-0.05, 0) is 24.1 Å². The molecule has 0 bridgehead atoms. The van der Waals surface area contributed by atoms with Gasteiger partial charge in [0.15, 0.2) is 0 Å². The van der Waals surface area contributed by atoms with Crippen molar-refractivity contribution in [1.29, 1.82) is 0 Å². The van der Waals surface area contributed by atoms with Gasteiger partial charge in [0, 0.05) is 18.8 Å². The number of carbonyl (C=O) groups is 2. The number of carbonyl (C=O) groups excluding carboxylic acids is 2. The van der Waals surface area contributed by atoms with Gasteiger partial charge in [-0.15, -0.1) is 0 Å². The normalized spacial score (nSPS) is 10.2. The van der Waals surface area contributed by atoms with Gasteiger partial charge in [-0.1, -0.05) is 37.3 Å². The van der Waals surface area contributed by atoms with Crippen LogP contribution in [0.15, 0.2) is 48.5 Å².